The van der Waals surface area contributed by atoms with Crippen LogP contribution in [-0.2, 0) is 23.1 Å². The zero-order valence-electron chi connectivity index (χ0n) is 13.6. The minimum Gasteiger partial charge on any atom is -0.350 e. The van der Waals surface area contributed by atoms with E-state index in [0.29, 0.717) is 12.8 Å². The lowest BCUT2D eigenvalue weighted by Crippen LogP contribution is -2.62. The van der Waals surface area contributed by atoms with Crippen LogP contribution in [0.15, 0.2) is 30.5 Å². The number of hydrogen-bond donors (Lipinski definition) is 2. The van der Waals surface area contributed by atoms with Crippen molar-refractivity contribution in [3.8, 4) is 0 Å². The molecule has 0 aliphatic carbocycles. The van der Waals surface area contributed by atoms with Gasteiger partial charge in [-0.25, -0.2) is 0 Å². The molecule has 2 aromatic rings. The van der Waals surface area contributed by atoms with Gasteiger partial charge in [-0.1, -0.05) is 38.0 Å². The minimum atomic E-state index is -0.494. The molecule has 5 heteroatoms. The summed E-state index contributed by atoms with van der Waals surface area (Å²) in [7, 11) is 1.99. The van der Waals surface area contributed by atoms with Crippen LogP contribution in [0.4, 0.5) is 0 Å². The van der Waals surface area contributed by atoms with Crippen LogP contribution in [0.2, 0.25) is 0 Å². The molecule has 1 aliphatic heterocycles. The summed E-state index contributed by atoms with van der Waals surface area (Å²) in [5.41, 5.74) is 2.21. The number of nitrogens with one attached hydrogen (secondary N) is 2. The van der Waals surface area contributed by atoms with E-state index in [1.165, 1.54) is 0 Å². The molecule has 0 saturated carbocycles. The first-order chi connectivity index (χ1) is 11.1. The minimum absolute atomic E-state index is 0.0664. The highest BCUT2D eigenvalue weighted by Gasteiger charge is 2.33. The van der Waals surface area contributed by atoms with Gasteiger partial charge in [0.25, 0.3) is 0 Å². The molecule has 1 aromatic heterocycles. The van der Waals surface area contributed by atoms with Crippen LogP contribution in [0.25, 0.3) is 10.9 Å². The Hall–Kier alpha value is -2.30. The van der Waals surface area contributed by atoms with Crippen molar-refractivity contribution < 1.29 is 9.59 Å². The number of unbranched alkanes of at least 4 members (excludes halogenated alkanes) is 1. The Morgan fingerprint density at radius 2 is 1.78 bits per heavy atom. The summed E-state index contributed by atoms with van der Waals surface area (Å²) < 4.78 is 2.05. The van der Waals surface area contributed by atoms with Crippen LogP contribution >= 0.6 is 0 Å². The number of aromatic nitrogens is 1. The fourth-order valence-corrected chi connectivity index (χ4v) is 3.24. The van der Waals surface area contributed by atoms with Gasteiger partial charge in [0.05, 0.1) is 0 Å². The second-order valence-electron chi connectivity index (χ2n) is 6.25. The summed E-state index contributed by atoms with van der Waals surface area (Å²) in [6.07, 6.45) is 5.20. The number of para-hydroxylation sites is 1. The third-order valence-corrected chi connectivity index (χ3v) is 4.52. The van der Waals surface area contributed by atoms with Gasteiger partial charge < -0.3 is 15.2 Å². The maximum absolute atomic E-state index is 12.3. The standard InChI is InChI=1S/C18H23N3O2/c1-3-4-8-14-17(22)20-15(18(23)19-14)10-12-11-21(2)16-9-6-5-7-13(12)16/h5-7,9,11,14-15H,3-4,8,10H2,1-2H3,(H,19,23)(H,20,22)/t14-,15-/m1/s1. The molecule has 0 radical (unpaired) electrons. The van der Waals surface area contributed by atoms with E-state index in [1.54, 1.807) is 0 Å². The predicted molar refractivity (Wildman–Crippen MR) is 90.0 cm³/mol. The van der Waals surface area contributed by atoms with E-state index >= 15 is 0 Å². The summed E-state index contributed by atoms with van der Waals surface area (Å²) in [5.74, 6) is -0.151. The van der Waals surface area contributed by atoms with E-state index in [4.69, 9.17) is 0 Å². The largest absolute Gasteiger partial charge is 0.350 e. The molecule has 1 aliphatic rings. The van der Waals surface area contributed by atoms with Crippen molar-refractivity contribution in [3.63, 3.8) is 0 Å². The van der Waals surface area contributed by atoms with Crippen molar-refractivity contribution in [2.75, 3.05) is 0 Å². The van der Waals surface area contributed by atoms with E-state index in [-0.39, 0.29) is 17.9 Å². The number of hydrogen-bond acceptors (Lipinski definition) is 2. The molecule has 2 atom stereocenters. The highest BCUT2D eigenvalue weighted by atomic mass is 16.2. The number of nitrogens with zero attached hydrogens (tertiary/aromatic N) is 1. The smallest absolute Gasteiger partial charge is 0.243 e. The number of rotatable bonds is 5. The molecule has 3 rings (SSSR count). The van der Waals surface area contributed by atoms with Gasteiger partial charge in [-0.3, -0.25) is 9.59 Å². The zero-order valence-corrected chi connectivity index (χ0v) is 13.6. The quantitative estimate of drug-likeness (QED) is 0.885. The third-order valence-electron chi connectivity index (χ3n) is 4.52. The molecule has 1 fully saturated rings. The molecule has 0 unspecified atom stereocenters. The highest BCUT2D eigenvalue weighted by Crippen LogP contribution is 2.22. The summed E-state index contributed by atoms with van der Waals surface area (Å²) in [5, 5.41) is 6.89. The lowest BCUT2D eigenvalue weighted by Gasteiger charge is -2.29. The number of piperazine rings is 1. The molecule has 2 heterocycles. The van der Waals surface area contributed by atoms with Crippen molar-refractivity contribution in [1.29, 1.82) is 0 Å². The first kappa shape index (κ1) is 15.6. The monoisotopic (exact) mass is 313 g/mol. The Labute approximate surface area is 136 Å². The molecular formula is C18H23N3O2. The zero-order chi connectivity index (χ0) is 16.4. The SMILES string of the molecule is CCCC[C@H]1NC(=O)[C@@H](Cc2cn(C)c3ccccc23)NC1=O. The third kappa shape index (κ3) is 3.09. The van der Waals surface area contributed by atoms with Crippen LogP contribution in [0.3, 0.4) is 0 Å². The summed E-state index contributed by atoms with van der Waals surface area (Å²) in [6.45, 7) is 2.08. The Bertz CT molecular complexity index is 735. The van der Waals surface area contributed by atoms with Crippen molar-refractivity contribution in [1.82, 2.24) is 15.2 Å². The summed E-state index contributed by atoms with van der Waals surface area (Å²) in [6, 6.07) is 7.22. The van der Waals surface area contributed by atoms with Gasteiger partial charge in [0, 0.05) is 30.6 Å². The molecule has 122 valence electrons. The molecule has 0 spiro atoms. The van der Waals surface area contributed by atoms with Crippen LogP contribution in [0.1, 0.15) is 31.7 Å². The van der Waals surface area contributed by atoms with Gasteiger partial charge >= 0.3 is 0 Å². The van der Waals surface area contributed by atoms with Crippen molar-refractivity contribution in [2.45, 2.75) is 44.7 Å². The molecule has 0 bridgehead atoms. The van der Waals surface area contributed by atoms with Crippen LogP contribution in [0.5, 0.6) is 0 Å². The highest BCUT2D eigenvalue weighted by molar-refractivity contribution is 5.97. The van der Waals surface area contributed by atoms with Gasteiger partial charge in [-0.2, -0.15) is 0 Å². The number of benzene rings is 1. The number of aryl methyl sites for hydroxylation is 1. The fourth-order valence-electron chi connectivity index (χ4n) is 3.24. The maximum atomic E-state index is 12.3. The van der Waals surface area contributed by atoms with Crippen molar-refractivity contribution in [2.24, 2.45) is 7.05 Å². The predicted octanol–water partition coefficient (Wildman–Crippen LogP) is 1.89. The Morgan fingerprint density at radius 3 is 2.57 bits per heavy atom. The van der Waals surface area contributed by atoms with Crippen molar-refractivity contribution in [3.05, 3.63) is 36.0 Å². The second kappa shape index (κ2) is 6.44. The molecule has 2 N–H and O–H groups in total. The first-order valence-electron chi connectivity index (χ1n) is 8.24. The van der Waals surface area contributed by atoms with E-state index in [9.17, 15) is 9.59 Å². The summed E-state index contributed by atoms with van der Waals surface area (Å²) >= 11 is 0. The maximum Gasteiger partial charge on any atom is 0.243 e. The van der Waals surface area contributed by atoms with E-state index in [0.717, 1.165) is 29.3 Å². The normalized spacial score (nSPS) is 21.3. The van der Waals surface area contributed by atoms with E-state index in [2.05, 4.69) is 34.3 Å². The topological polar surface area (TPSA) is 63.1 Å². The molecule has 5 nitrogen and oxygen atoms in total. The van der Waals surface area contributed by atoms with Crippen LogP contribution < -0.4 is 10.6 Å². The van der Waals surface area contributed by atoms with E-state index in [1.807, 2.05) is 25.4 Å². The average Bonchev–Trinajstić information content (AvgIpc) is 2.86. The first-order valence-corrected chi connectivity index (χ1v) is 8.24. The lowest BCUT2D eigenvalue weighted by molar-refractivity contribution is -0.136. The Morgan fingerprint density at radius 1 is 1.09 bits per heavy atom. The second-order valence-corrected chi connectivity index (χ2v) is 6.25. The van der Waals surface area contributed by atoms with Crippen LogP contribution in [-0.4, -0.2) is 28.5 Å². The Balaban J connectivity index is 1.75. The molecule has 1 aromatic carbocycles. The lowest BCUT2D eigenvalue weighted by atomic mass is 9.99. The molecule has 23 heavy (non-hydrogen) atoms. The van der Waals surface area contributed by atoms with Gasteiger partial charge in [-0.15, -0.1) is 0 Å². The fraction of sp³-hybridized carbons (Fsp3) is 0.444. The number of carbonyl (C=O) groups is 2. The molecular weight excluding hydrogens is 290 g/mol. The van der Waals surface area contributed by atoms with E-state index < -0.39 is 6.04 Å². The van der Waals surface area contributed by atoms with Crippen LogP contribution in [0, 0.1) is 0 Å². The van der Waals surface area contributed by atoms with Gasteiger partial charge in [0.1, 0.15) is 12.1 Å². The summed E-state index contributed by atoms with van der Waals surface area (Å²) in [4.78, 5) is 24.5. The van der Waals surface area contributed by atoms with Crippen molar-refractivity contribution >= 4 is 22.7 Å². The van der Waals surface area contributed by atoms with Gasteiger partial charge in [-0.05, 0) is 18.1 Å². The number of carbonyl (C=O) groups excluding carboxylic acids is 2. The van der Waals surface area contributed by atoms with Gasteiger partial charge in [0.2, 0.25) is 11.8 Å². The average molecular weight is 313 g/mol. The number of amides is 2. The molecule has 2 amide bonds. The number of fused-ring (bicyclic) bond motifs is 1. The van der Waals surface area contributed by atoms with Gasteiger partial charge in [0.15, 0.2) is 0 Å². The Kier molecular flexibility index (Phi) is 4.37. The molecule has 1 saturated heterocycles.